The largest absolute Gasteiger partial charge is 0.471 e. The first-order valence-electron chi connectivity index (χ1n) is 21.6. The smallest absolute Gasteiger partial charge is 0.292 e. The highest BCUT2D eigenvalue weighted by Gasteiger charge is 2.18. The van der Waals surface area contributed by atoms with E-state index in [1.54, 1.807) is 24.6 Å². The second-order valence-electron chi connectivity index (χ2n) is 14.0. The molecule has 4 N–H and O–H groups in total. The maximum atomic E-state index is 11.3. The Balaban J connectivity index is 0.000000323. The van der Waals surface area contributed by atoms with Crippen LogP contribution in [0.2, 0.25) is 0 Å². The van der Waals surface area contributed by atoms with Crippen molar-refractivity contribution in [2.75, 3.05) is 53.4 Å². The highest BCUT2D eigenvalue weighted by atomic mass is 32.1. The number of H-pyrrole nitrogens is 2. The van der Waals surface area contributed by atoms with Crippen LogP contribution in [0.15, 0.2) is 72.1 Å². The molecule has 6 aromatic rings. The van der Waals surface area contributed by atoms with Crippen LogP contribution in [0.5, 0.6) is 0 Å². The Bertz CT molecular complexity index is 2130. The molecule has 0 spiro atoms. The van der Waals surface area contributed by atoms with Crippen molar-refractivity contribution in [2.45, 2.75) is 87.0 Å². The van der Waals surface area contributed by atoms with Gasteiger partial charge in [0.25, 0.3) is 6.47 Å². The summed E-state index contributed by atoms with van der Waals surface area (Å²) >= 11 is 3.63. The van der Waals surface area contributed by atoms with Crippen LogP contribution in [0.25, 0.3) is 53.9 Å². The monoisotopic (exact) mass is 888 g/mol. The molecule has 3 amide bonds. The number of thiophene rings is 2. The van der Waals surface area contributed by atoms with Gasteiger partial charge in [0.2, 0.25) is 17.7 Å². The van der Waals surface area contributed by atoms with Crippen molar-refractivity contribution in [3.05, 3.63) is 72.1 Å². The number of hydrogen-bond donors (Lipinski definition) is 4. The van der Waals surface area contributed by atoms with E-state index in [4.69, 9.17) is 4.79 Å². The third-order valence-electron chi connectivity index (χ3n) is 8.85. The summed E-state index contributed by atoms with van der Waals surface area (Å²) in [7, 11) is 3.11. The van der Waals surface area contributed by atoms with Gasteiger partial charge in [-0.15, -0.1) is 22.7 Å². The van der Waals surface area contributed by atoms with Gasteiger partial charge in [-0.25, -0.2) is 9.97 Å². The number of aromatic amines is 2. The van der Waals surface area contributed by atoms with E-state index in [1.165, 1.54) is 71.4 Å². The first-order chi connectivity index (χ1) is 30.1. The van der Waals surface area contributed by atoms with E-state index < -0.39 is 0 Å². The van der Waals surface area contributed by atoms with Gasteiger partial charge in [-0.05, 0) is 61.6 Å². The number of benzene rings is 2. The predicted octanol–water partition coefficient (Wildman–Crippen LogP) is 9.78. The molecule has 2 fully saturated rings. The van der Waals surface area contributed by atoms with Crippen LogP contribution in [0.3, 0.4) is 0 Å². The lowest BCUT2D eigenvalue weighted by atomic mass is 10.0. The first-order valence-corrected chi connectivity index (χ1v) is 23.3. The number of nitrogens with one attached hydrogen (secondary N) is 4. The summed E-state index contributed by atoms with van der Waals surface area (Å²) in [5, 5.41) is 9.88. The number of likely N-dealkylation sites (N-methyl/N-ethyl adjacent to an activating group) is 1. The molecule has 0 unspecified atom stereocenters. The van der Waals surface area contributed by atoms with Crippen LogP contribution in [0.4, 0.5) is 0 Å². The third kappa shape index (κ3) is 17.2. The van der Waals surface area contributed by atoms with Crippen LogP contribution in [0, 0.1) is 0 Å². The molecule has 0 saturated carbocycles. The van der Waals surface area contributed by atoms with Crippen LogP contribution >= 0.6 is 22.7 Å². The number of carbonyl (C=O) groups excluding carboxylic acids is 4. The Hall–Kier alpha value is -5.38. The Morgan fingerprint density at radius 1 is 0.758 bits per heavy atom. The Morgan fingerprint density at radius 3 is 1.71 bits per heavy atom. The molecule has 2 aliphatic heterocycles. The Morgan fingerprint density at radius 2 is 1.24 bits per heavy atom. The second kappa shape index (κ2) is 30.6. The number of amides is 3. The van der Waals surface area contributed by atoms with Crippen LogP contribution in [-0.4, -0.2) is 107 Å². The first kappa shape index (κ1) is 52.8. The Kier molecular flexibility index (Phi) is 26.1. The van der Waals surface area contributed by atoms with Gasteiger partial charge in [-0.1, -0.05) is 84.7 Å². The molecule has 13 nitrogen and oxygen atoms in total. The number of hydrogen-bond acceptors (Lipinski definition) is 10. The molecular formula is C47H68N8O5S2. The van der Waals surface area contributed by atoms with Gasteiger partial charge in [0.15, 0.2) is 0 Å². The van der Waals surface area contributed by atoms with Crippen molar-refractivity contribution >= 4 is 67.3 Å². The van der Waals surface area contributed by atoms with E-state index >= 15 is 0 Å². The van der Waals surface area contributed by atoms with Gasteiger partial charge >= 0.3 is 0 Å². The van der Waals surface area contributed by atoms with Crippen molar-refractivity contribution in [3.8, 4) is 33.5 Å². The lowest BCUT2D eigenvalue weighted by molar-refractivity contribution is -0.131. The summed E-state index contributed by atoms with van der Waals surface area (Å²) < 4.78 is 6.55. The number of likely N-dealkylation sites (tertiary alicyclic amines) is 2. The van der Waals surface area contributed by atoms with E-state index in [-0.39, 0.29) is 24.3 Å². The minimum Gasteiger partial charge on any atom is -0.471 e. The van der Waals surface area contributed by atoms with Gasteiger partial charge < -0.3 is 35.1 Å². The number of aromatic nitrogens is 4. The molecule has 0 aliphatic carbocycles. The zero-order valence-electron chi connectivity index (χ0n) is 38.1. The van der Waals surface area contributed by atoms with Gasteiger partial charge in [-0.3, -0.25) is 19.2 Å². The fourth-order valence-electron chi connectivity index (χ4n) is 6.07. The molecule has 15 heteroatoms. The number of ether oxygens (including phenoxy) is 1. The highest BCUT2D eigenvalue weighted by Crippen LogP contribution is 2.44. The third-order valence-corrected chi connectivity index (χ3v) is 11.0. The van der Waals surface area contributed by atoms with Crippen molar-refractivity contribution in [1.29, 1.82) is 0 Å². The number of imidazole rings is 2. The van der Waals surface area contributed by atoms with Crippen LogP contribution < -0.4 is 10.6 Å². The molecule has 338 valence electrons. The van der Waals surface area contributed by atoms with E-state index in [2.05, 4.69) is 116 Å². The number of nitrogens with zero attached hydrogens (tertiary/aromatic N) is 4. The fourth-order valence-corrected chi connectivity index (χ4v) is 8.53. The average molecular weight is 889 g/mol. The van der Waals surface area contributed by atoms with Crippen molar-refractivity contribution in [3.63, 3.8) is 0 Å². The lowest BCUT2D eigenvalue weighted by Gasteiger charge is -2.14. The van der Waals surface area contributed by atoms with Crippen molar-refractivity contribution in [1.82, 2.24) is 40.4 Å². The molecule has 6 heterocycles. The minimum absolute atomic E-state index is 0.0303. The molecule has 0 bridgehead atoms. The lowest BCUT2D eigenvalue weighted by Crippen LogP contribution is -2.37. The number of carbonyl (C=O) groups is 4. The molecule has 2 aromatic carbocycles. The van der Waals surface area contributed by atoms with Gasteiger partial charge in [0.05, 0.1) is 65.2 Å². The zero-order valence-corrected chi connectivity index (χ0v) is 39.8. The molecule has 0 atom stereocenters. The summed E-state index contributed by atoms with van der Waals surface area (Å²) in [5.41, 5.74) is 9.32. The number of rotatable bonds is 8. The van der Waals surface area contributed by atoms with E-state index in [9.17, 15) is 14.4 Å². The maximum Gasteiger partial charge on any atom is 0.292 e. The summed E-state index contributed by atoms with van der Waals surface area (Å²) in [6.45, 7) is 18.5. The normalized spacial score (nSPS) is 12.3. The summed E-state index contributed by atoms with van der Waals surface area (Å²) in [5.74, 6) is 0.116. The topological polar surface area (TPSA) is 165 Å². The van der Waals surface area contributed by atoms with E-state index in [1.807, 2.05) is 47.6 Å². The molecule has 4 aromatic heterocycles. The molecular weight excluding hydrogens is 821 g/mol. The molecule has 2 aliphatic rings. The predicted molar refractivity (Wildman–Crippen MR) is 258 cm³/mol. The molecule has 0 radical (unpaired) electrons. The van der Waals surface area contributed by atoms with Crippen LogP contribution in [-0.2, 0) is 23.9 Å². The molecule has 2 saturated heterocycles. The standard InChI is InChI=1S/C22H14N4S2.C8H14N2O2.C7H14N2O.2C3H8.C2H4O2.C2H6/c1-3-14(20-8-23-11-24-20)4-2-13(1)16-9-27-22-17(10-28-21(16)22)15-5-6-18-19(7-15)26-12-25-18;1-7(11)9-6-8(12)10-4-2-3-5-10;1-8-6-7(10)9-4-2-3-5-9;2*1-3-2;1-4-2-3;1-2/h1-12H,(H,23,24)(H,25,26);2-6H2,1H3,(H,9,11);8H,2-6H2,1H3;2*3H2,1-2H3;2H,1H3;1-2H3. The SMILES string of the molecule is CC.CC(=O)NCC(=O)N1CCCC1.CCC.CCC.CNCC(=O)N1CCCC1.COC=O.c1ncc(-c2ccc(-c3csc4c(-c5ccc6nc[nH]c6c5)csc34)cc2)[nH]1. The summed E-state index contributed by atoms with van der Waals surface area (Å²) in [6.07, 6.45) is 12.3. The molecule has 8 rings (SSSR count). The zero-order chi connectivity index (χ0) is 45.7. The fraction of sp³-hybridized carbons (Fsp3) is 0.447. The van der Waals surface area contributed by atoms with E-state index in [0.29, 0.717) is 13.0 Å². The average Bonchev–Trinajstić information content (AvgIpc) is 4.14. The minimum atomic E-state index is -0.150. The summed E-state index contributed by atoms with van der Waals surface area (Å²) in [6, 6.07) is 15.1. The van der Waals surface area contributed by atoms with Gasteiger partial charge in [-0.2, -0.15) is 0 Å². The second-order valence-corrected chi connectivity index (χ2v) is 15.8. The number of fused-ring (bicyclic) bond motifs is 2. The van der Waals surface area contributed by atoms with Crippen molar-refractivity contribution < 1.29 is 23.9 Å². The highest BCUT2D eigenvalue weighted by molar-refractivity contribution is 7.27. The Labute approximate surface area is 376 Å². The van der Waals surface area contributed by atoms with Gasteiger partial charge in [0.1, 0.15) is 0 Å². The summed E-state index contributed by atoms with van der Waals surface area (Å²) in [4.78, 5) is 60.3. The molecule has 62 heavy (non-hydrogen) atoms. The van der Waals surface area contributed by atoms with Crippen molar-refractivity contribution in [2.24, 2.45) is 0 Å². The van der Waals surface area contributed by atoms with E-state index in [0.717, 1.165) is 61.3 Å². The number of methoxy groups -OCH3 is 1. The van der Waals surface area contributed by atoms with Crippen LogP contribution in [0.1, 0.15) is 87.0 Å². The van der Waals surface area contributed by atoms with Gasteiger partial charge in [0, 0.05) is 55.0 Å². The quantitative estimate of drug-likeness (QED) is 0.110. The maximum absolute atomic E-state index is 11.3.